The third kappa shape index (κ3) is 1.77. The van der Waals surface area contributed by atoms with Gasteiger partial charge in [0, 0.05) is 19.7 Å². The van der Waals surface area contributed by atoms with E-state index in [-0.39, 0.29) is 12.0 Å². The minimum absolute atomic E-state index is 0.0600. The molecule has 1 amide bonds. The lowest BCUT2D eigenvalue weighted by Crippen LogP contribution is -2.41. The van der Waals surface area contributed by atoms with Gasteiger partial charge in [-0.1, -0.05) is 0 Å². The number of rotatable bonds is 1. The average Bonchev–Trinajstić information content (AvgIpc) is 2.71. The molecular weight excluding hydrogens is 182 g/mol. The maximum atomic E-state index is 11.2. The quantitative estimate of drug-likeness (QED) is 0.702. The van der Waals surface area contributed by atoms with Gasteiger partial charge in [-0.05, 0) is 6.07 Å². The summed E-state index contributed by atoms with van der Waals surface area (Å²) >= 11 is 0. The van der Waals surface area contributed by atoms with Crippen molar-refractivity contribution in [1.29, 1.82) is 0 Å². The molecule has 14 heavy (non-hydrogen) atoms. The van der Waals surface area contributed by atoms with Crippen LogP contribution in [0.2, 0.25) is 0 Å². The topological polar surface area (TPSA) is 58.2 Å². The van der Waals surface area contributed by atoms with E-state index >= 15 is 0 Å². The van der Waals surface area contributed by atoms with Gasteiger partial charge in [0.1, 0.15) is 6.10 Å². The maximum absolute atomic E-state index is 11.2. The first-order valence-corrected chi connectivity index (χ1v) is 4.64. The smallest absolute Gasteiger partial charge is 0.219 e. The minimum Gasteiger partial charge on any atom is -0.368 e. The van der Waals surface area contributed by atoms with Gasteiger partial charge in [-0.15, -0.1) is 0 Å². The van der Waals surface area contributed by atoms with Crippen LogP contribution in [0.1, 0.15) is 18.7 Å². The summed E-state index contributed by atoms with van der Waals surface area (Å²) in [6.07, 6.45) is 1.63. The van der Waals surface area contributed by atoms with E-state index in [0.717, 1.165) is 5.69 Å². The Kier molecular flexibility index (Phi) is 2.49. The summed E-state index contributed by atoms with van der Waals surface area (Å²) < 4.78 is 5.54. The Hall–Kier alpha value is -1.36. The first-order valence-electron chi connectivity index (χ1n) is 4.64. The van der Waals surface area contributed by atoms with E-state index in [2.05, 4.69) is 10.2 Å². The molecule has 5 heteroatoms. The van der Waals surface area contributed by atoms with Gasteiger partial charge >= 0.3 is 0 Å². The molecule has 0 aliphatic carbocycles. The van der Waals surface area contributed by atoms with E-state index in [9.17, 15) is 4.79 Å². The van der Waals surface area contributed by atoms with Crippen LogP contribution in [0.25, 0.3) is 0 Å². The fraction of sp³-hybridized carbons (Fsp3) is 0.556. The average molecular weight is 195 g/mol. The lowest BCUT2D eigenvalue weighted by molar-refractivity contribution is -0.136. The summed E-state index contributed by atoms with van der Waals surface area (Å²) in [7, 11) is 0. The van der Waals surface area contributed by atoms with Crippen molar-refractivity contribution in [3.8, 4) is 0 Å². The van der Waals surface area contributed by atoms with Crippen LogP contribution in [-0.2, 0) is 9.53 Å². The number of aromatic nitrogens is 2. The number of aromatic amines is 1. The molecule has 0 radical (unpaired) electrons. The van der Waals surface area contributed by atoms with Crippen molar-refractivity contribution >= 4 is 5.91 Å². The molecule has 1 aliphatic rings. The summed E-state index contributed by atoms with van der Waals surface area (Å²) in [6, 6.07) is 1.87. The molecule has 1 aromatic rings. The summed E-state index contributed by atoms with van der Waals surface area (Å²) in [5, 5.41) is 6.71. The molecule has 0 saturated carbocycles. The molecule has 1 aromatic heterocycles. The Labute approximate surface area is 82.0 Å². The predicted molar refractivity (Wildman–Crippen MR) is 49.5 cm³/mol. The van der Waals surface area contributed by atoms with Crippen molar-refractivity contribution in [2.24, 2.45) is 0 Å². The van der Waals surface area contributed by atoms with Gasteiger partial charge in [-0.3, -0.25) is 9.89 Å². The monoisotopic (exact) mass is 195 g/mol. The van der Waals surface area contributed by atoms with Crippen LogP contribution >= 0.6 is 0 Å². The SMILES string of the molecule is CC(=O)N1CCOC(c2ccn[nH]2)C1. The van der Waals surface area contributed by atoms with Gasteiger partial charge in [0.2, 0.25) is 5.91 Å². The van der Waals surface area contributed by atoms with Crippen LogP contribution in [0.15, 0.2) is 12.3 Å². The molecule has 1 atom stereocenters. The van der Waals surface area contributed by atoms with Gasteiger partial charge in [-0.25, -0.2) is 0 Å². The predicted octanol–water partition coefficient (Wildman–Crippen LogP) is 0.329. The van der Waals surface area contributed by atoms with Gasteiger partial charge in [-0.2, -0.15) is 5.10 Å². The van der Waals surface area contributed by atoms with E-state index in [1.165, 1.54) is 0 Å². The second-order valence-electron chi connectivity index (χ2n) is 3.34. The number of hydrogen-bond acceptors (Lipinski definition) is 3. The number of carbonyl (C=O) groups excluding carboxylic acids is 1. The maximum Gasteiger partial charge on any atom is 0.219 e. The molecule has 2 heterocycles. The van der Waals surface area contributed by atoms with Crippen molar-refractivity contribution in [2.75, 3.05) is 19.7 Å². The van der Waals surface area contributed by atoms with Crippen LogP contribution in [0, 0.1) is 0 Å². The van der Waals surface area contributed by atoms with E-state index in [1.54, 1.807) is 18.0 Å². The van der Waals surface area contributed by atoms with E-state index in [4.69, 9.17) is 4.74 Å². The van der Waals surface area contributed by atoms with Crippen molar-refractivity contribution < 1.29 is 9.53 Å². The summed E-state index contributed by atoms with van der Waals surface area (Å²) in [4.78, 5) is 12.9. The molecule has 0 spiro atoms. The number of hydrogen-bond donors (Lipinski definition) is 1. The highest BCUT2D eigenvalue weighted by Crippen LogP contribution is 2.19. The highest BCUT2D eigenvalue weighted by atomic mass is 16.5. The molecule has 1 aliphatic heterocycles. The number of amides is 1. The molecule has 1 fully saturated rings. The third-order valence-corrected chi connectivity index (χ3v) is 2.38. The second-order valence-corrected chi connectivity index (χ2v) is 3.34. The zero-order valence-electron chi connectivity index (χ0n) is 8.06. The number of carbonyl (C=O) groups is 1. The van der Waals surface area contributed by atoms with Gasteiger partial charge in [0.05, 0.1) is 18.8 Å². The lowest BCUT2D eigenvalue weighted by atomic mass is 10.2. The molecular formula is C9H13N3O2. The van der Waals surface area contributed by atoms with Crippen LogP contribution in [0.3, 0.4) is 0 Å². The third-order valence-electron chi connectivity index (χ3n) is 2.38. The number of nitrogens with one attached hydrogen (secondary N) is 1. The molecule has 1 N–H and O–H groups in total. The first kappa shape index (κ1) is 9.21. The van der Waals surface area contributed by atoms with E-state index < -0.39 is 0 Å². The molecule has 5 nitrogen and oxygen atoms in total. The van der Waals surface area contributed by atoms with Crippen LogP contribution in [0.4, 0.5) is 0 Å². The Morgan fingerprint density at radius 3 is 3.29 bits per heavy atom. The zero-order valence-corrected chi connectivity index (χ0v) is 8.06. The van der Waals surface area contributed by atoms with Crippen LogP contribution in [-0.4, -0.2) is 40.7 Å². The highest BCUT2D eigenvalue weighted by Gasteiger charge is 2.23. The Morgan fingerprint density at radius 1 is 1.79 bits per heavy atom. The fourth-order valence-corrected chi connectivity index (χ4v) is 1.57. The summed E-state index contributed by atoms with van der Waals surface area (Å²) in [5.74, 6) is 0.0952. The van der Waals surface area contributed by atoms with Crippen LogP contribution in [0.5, 0.6) is 0 Å². The normalized spacial score (nSPS) is 22.4. The molecule has 0 aromatic carbocycles. The van der Waals surface area contributed by atoms with Crippen molar-refractivity contribution in [1.82, 2.24) is 15.1 Å². The molecule has 76 valence electrons. The molecule has 2 rings (SSSR count). The Balaban J connectivity index is 2.04. The number of ether oxygens (including phenoxy) is 1. The highest BCUT2D eigenvalue weighted by molar-refractivity contribution is 5.73. The second kappa shape index (κ2) is 3.79. The van der Waals surface area contributed by atoms with E-state index in [1.807, 2.05) is 6.07 Å². The minimum atomic E-state index is -0.0600. The van der Waals surface area contributed by atoms with Crippen LogP contribution < -0.4 is 0 Å². The number of nitrogens with zero attached hydrogens (tertiary/aromatic N) is 2. The van der Waals surface area contributed by atoms with Crippen molar-refractivity contribution in [2.45, 2.75) is 13.0 Å². The largest absolute Gasteiger partial charge is 0.368 e. The first-order chi connectivity index (χ1) is 6.77. The zero-order chi connectivity index (χ0) is 9.97. The Morgan fingerprint density at radius 2 is 2.64 bits per heavy atom. The summed E-state index contributed by atoms with van der Waals surface area (Å²) in [6.45, 7) is 3.45. The summed E-state index contributed by atoms with van der Waals surface area (Å²) in [5.41, 5.74) is 0.927. The van der Waals surface area contributed by atoms with Gasteiger partial charge in [0.25, 0.3) is 0 Å². The van der Waals surface area contributed by atoms with Gasteiger partial charge in [0.15, 0.2) is 0 Å². The number of H-pyrrole nitrogens is 1. The molecule has 1 unspecified atom stereocenters. The van der Waals surface area contributed by atoms with Crippen molar-refractivity contribution in [3.63, 3.8) is 0 Å². The molecule has 0 bridgehead atoms. The molecule has 1 saturated heterocycles. The number of morpholine rings is 1. The fourth-order valence-electron chi connectivity index (χ4n) is 1.57. The van der Waals surface area contributed by atoms with Gasteiger partial charge < -0.3 is 9.64 Å². The standard InChI is InChI=1S/C9H13N3O2/c1-7(13)12-4-5-14-9(6-12)8-2-3-10-11-8/h2-3,9H,4-6H2,1H3,(H,10,11). The lowest BCUT2D eigenvalue weighted by Gasteiger charge is -2.31. The van der Waals surface area contributed by atoms with E-state index in [0.29, 0.717) is 19.7 Å². The van der Waals surface area contributed by atoms with Crippen molar-refractivity contribution in [3.05, 3.63) is 18.0 Å². The Bertz CT molecular complexity index is 310.